The molecule has 0 amide bonds. The fourth-order valence-electron chi connectivity index (χ4n) is 3.41. The van der Waals surface area contributed by atoms with Crippen LogP contribution in [0.15, 0.2) is 23.8 Å². The van der Waals surface area contributed by atoms with Crippen molar-refractivity contribution in [1.29, 1.82) is 0 Å². The summed E-state index contributed by atoms with van der Waals surface area (Å²) in [5.41, 5.74) is 5.04. The van der Waals surface area contributed by atoms with E-state index in [-0.39, 0.29) is 29.2 Å². The first-order valence-electron chi connectivity index (χ1n) is 9.43. The maximum atomic E-state index is 12.7. The zero-order valence-electron chi connectivity index (χ0n) is 17.8. The highest BCUT2D eigenvalue weighted by Crippen LogP contribution is 2.33. The first-order chi connectivity index (χ1) is 11.4. The Bertz CT molecular complexity index is 642. The van der Waals surface area contributed by atoms with Gasteiger partial charge in [-0.1, -0.05) is 59.7 Å². The van der Waals surface area contributed by atoms with Gasteiger partial charge in [-0.25, -0.2) is 0 Å². The molecule has 0 radical (unpaired) electrons. The average Bonchev–Trinajstić information content (AvgIpc) is 2.77. The number of allylic oxidation sites excluding steroid dienone is 1. The van der Waals surface area contributed by atoms with Gasteiger partial charge in [-0.05, 0) is 66.1 Å². The highest BCUT2D eigenvalue weighted by molar-refractivity contribution is 6.03. The summed E-state index contributed by atoms with van der Waals surface area (Å²) in [6.45, 7) is 14.3. The molecular weight excluding hydrogens is 342 g/mol. The number of Topliss-reactive ketones (excluding diaryl/α,β-unsaturated/α-hetero) is 1. The monoisotopic (exact) mass is 377 g/mol. The van der Waals surface area contributed by atoms with Gasteiger partial charge in [-0.15, -0.1) is 12.4 Å². The van der Waals surface area contributed by atoms with E-state index < -0.39 is 0 Å². The van der Waals surface area contributed by atoms with Crippen molar-refractivity contribution in [2.24, 2.45) is 5.92 Å². The van der Waals surface area contributed by atoms with Gasteiger partial charge in [0.25, 0.3) is 0 Å². The molecule has 1 atom stereocenters. The minimum Gasteiger partial charge on any atom is -0.309 e. The summed E-state index contributed by atoms with van der Waals surface area (Å²) in [4.78, 5) is 14.8. The van der Waals surface area contributed by atoms with Crippen LogP contribution in [0.3, 0.4) is 0 Å². The van der Waals surface area contributed by atoms with E-state index in [2.05, 4.69) is 70.7 Å². The molecule has 1 aliphatic rings. The topological polar surface area (TPSA) is 20.3 Å². The number of ketones is 1. The molecule has 1 aliphatic carbocycles. The van der Waals surface area contributed by atoms with E-state index in [1.165, 1.54) is 16.7 Å². The Balaban J connectivity index is 0.00000338. The summed E-state index contributed by atoms with van der Waals surface area (Å²) in [5, 5.41) is 0. The molecule has 0 bridgehead atoms. The second kappa shape index (κ2) is 8.27. The van der Waals surface area contributed by atoms with Crippen molar-refractivity contribution in [2.45, 2.75) is 65.2 Å². The van der Waals surface area contributed by atoms with Crippen molar-refractivity contribution in [3.8, 4) is 0 Å². The Kier molecular flexibility index (Phi) is 7.29. The molecule has 3 heteroatoms. The van der Waals surface area contributed by atoms with Crippen molar-refractivity contribution in [2.75, 3.05) is 20.6 Å². The van der Waals surface area contributed by atoms with Crippen LogP contribution in [0.5, 0.6) is 0 Å². The minimum absolute atomic E-state index is 0. The molecule has 1 aromatic rings. The van der Waals surface area contributed by atoms with Gasteiger partial charge in [-0.2, -0.15) is 0 Å². The number of carbonyl (C=O) groups excluding carboxylic acids is 1. The number of hydrogen-bond donors (Lipinski definition) is 0. The van der Waals surface area contributed by atoms with Gasteiger partial charge in [-0.3, -0.25) is 4.79 Å². The third-order valence-electron chi connectivity index (χ3n) is 5.06. The lowest BCUT2D eigenvalue weighted by atomic mass is 9.79. The second-order valence-corrected chi connectivity index (χ2v) is 9.88. The van der Waals surface area contributed by atoms with Gasteiger partial charge >= 0.3 is 0 Å². The number of hydrogen-bond acceptors (Lipinski definition) is 2. The molecule has 0 saturated heterocycles. The van der Waals surface area contributed by atoms with Gasteiger partial charge in [0.15, 0.2) is 5.78 Å². The van der Waals surface area contributed by atoms with Gasteiger partial charge < -0.3 is 4.90 Å². The summed E-state index contributed by atoms with van der Waals surface area (Å²) < 4.78 is 0. The van der Waals surface area contributed by atoms with Gasteiger partial charge in [0.2, 0.25) is 0 Å². The maximum Gasteiger partial charge on any atom is 0.163 e. The van der Waals surface area contributed by atoms with Crippen LogP contribution in [0.25, 0.3) is 6.08 Å². The molecule has 1 saturated carbocycles. The van der Waals surface area contributed by atoms with Crippen molar-refractivity contribution >= 4 is 24.3 Å². The number of carbonyl (C=O) groups is 1. The Morgan fingerprint density at radius 2 is 1.50 bits per heavy atom. The molecule has 1 aromatic carbocycles. The van der Waals surface area contributed by atoms with Crippen LogP contribution in [-0.4, -0.2) is 31.3 Å². The lowest BCUT2D eigenvalue weighted by Crippen LogP contribution is -2.24. The molecule has 26 heavy (non-hydrogen) atoms. The predicted molar refractivity (Wildman–Crippen MR) is 115 cm³/mol. The summed E-state index contributed by atoms with van der Waals surface area (Å²) in [7, 11) is 4.08. The number of nitrogens with zero attached hydrogens (tertiary/aromatic N) is 1. The number of halogens is 1. The lowest BCUT2D eigenvalue weighted by Gasteiger charge is -2.26. The van der Waals surface area contributed by atoms with E-state index >= 15 is 0 Å². The van der Waals surface area contributed by atoms with Crippen LogP contribution in [0, 0.1) is 5.92 Å². The van der Waals surface area contributed by atoms with Crippen LogP contribution in [0.4, 0.5) is 0 Å². The van der Waals surface area contributed by atoms with E-state index in [1.54, 1.807) is 0 Å². The van der Waals surface area contributed by atoms with Crippen molar-refractivity contribution in [3.63, 3.8) is 0 Å². The Hall–Kier alpha value is -1.12. The highest BCUT2D eigenvalue weighted by atomic mass is 35.5. The first kappa shape index (κ1) is 22.9. The first-order valence-corrected chi connectivity index (χ1v) is 9.43. The molecule has 0 spiro atoms. The summed E-state index contributed by atoms with van der Waals surface area (Å²) >= 11 is 0. The smallest absolute Gasteiger partial charge is 0.163 e. The van der Waals surface area contributed by atoms with Crippen LogP contribution < -0.4 is 0 Å². The fourth-order valence-corrected chi connectivity index (χ4v) is 3.41. The molecular formula is C23H36ClNO. The van der Waals surface area contributed by atoms with Gasteiger partial charge in [0, 0.05) is 12.5 Å². The molecule has 0 aliphatic heterocycles. The quantitative estimate of drug-likeness (QED) is 0.636. The van der Waals surface area contributed by atoms with Crippen molar-refractivity contribution in [1.82, 2.24) is 4.90 Å². The number of benzene rings is 1. The van der Waals surface area contributed by atoms with Crippen LogP contribution in [-0.2, 0) is 15.6 Å². The predicted octanol–water partition coefficient (Wildman–Crippen LogP) is 5.63. The van der Waals surface area contributed by atoms with Gasteiger partial charge in [0.05, 0.1) is 0 Å². The average molecular weight is 378 g/mol. The van der Waals surface area contributed by atoms with Crippen LogP contribution >= 0.6 is 12.4 Å². The molecule has 1 unspecified atom stereocenters. The van der Waals surface area contributed by atoms with Crippen molar-refractivity contribution < 1.29 is 4.79 Å². The summed E-state index contributed by atoms with van der Waals surface area (Å²) in [6, 6.07) is 6.84. The molecule has 0 aromatic heterocycles. The van der Waals surface area contributed by atoms with E-state index in [0.29, 0.717) is 5.78 Å². The summed E-state index contributed by atoms with van der Waals surface area (Å²) in [5.74, 6) is 0.501. The van der Waals surface area contributed by atoms with Crippen LogP contribution in [0.2, 0.25) is 0 Å². The molecule has 0 N–H and O–H groups in total. The van der Waals surface area contributed by atoms with E-state index in [9.17, 15) is 4.79 Å². The molecule has 2 rings (SSSR count). The minimum atomic E-state index is 0. The van der Waals surface area contributed by atoms with E-state index in [1.807, 2.05) is 14.1 Å². The lowest BCUT2D eigenvalue weighted by molar-refractivity contribution is -0.118. The molecule has 146 valence electrons. The van der Waals surface area contributed by atoms with Crippen molar-refractivity contribution in [3.05, 3.63) is 40.5 Å². The van der Waals surface area contributed by atoms with Gasteiger partial charge in [0.1, 0.15) is 0 Å². The fraction of sp³-hybridized carbons (Fsp3) is 0.609. The maximum absolute atomic E-state index is 12.7. The zero-order chi connectivity index (χ0) is 19.0. The third kappa shape index (κ3) is 5.69. The van der Waals surface area contributed by atoms with E-state index in [0.717, 1.165) is 25.0 Å². The number of rotatable bonds is 3. The standard InChI is InChI=1S/C23H35NO.ClH/c1-22(2,3)19-12-16(13-20(14-19)23(4,5)6)11-17-9-10-18(21(17)25)15-24(7)8;/h11-14,18H,9-10,15H2,1-8H3;1H. The SMILES string of the molecule is CN(C)CC1CCC(=Cc2cc(C(C)(C)C)cc(C(C)(C)C)c2)C1=O.Cl. The third-order valence-corrected chi connectivity index (χ3v) is 5.06. The summed E-state index contributed by atoms with van der Waals surface area (Å²) in [6.07, 6.45) is 4.03. The van der Waals surface area contributed by atoms with E-state index in [4.69, 9.17) is 0 Å². The second-order valence-electron chi connectivity index (χ2n) is 9.88. The highest BCUT2D eigenvalue weighted by Gasteiger charge is 2.29. The van der Waals surface area contributed by atoms with Crippen LogP contribution in [0.1, 0.15) is 71.1 Å². The molecule has 0 heterocycles. The Labute approximate surface area is 166 Å². The largest absolute Gasteiger partial charge is 0.309 e. The Morgan fingerprint density at radius 3 is 1.92 bits per heavy atom. The zero-order valence-corrected chi connectivity index (χ0v) is 18.6. The molecule has 2 nitrogen and oxygen atoms in total. The Morgan fingerprint density at radius 1 is 1.00 bits per heavy atom. The molecule has 1 fully saturated rings. The normalized spacial score (nSPS) is 20.0.